The Morgan fingerprint density at radius 3 is 2.73 bits per heavy atom. The van der Waals surface area contributed by atoms with E-state index in [1.165, 1.54) is 19.1 Å². The molecule has 1 aromatic carbocycles. The minimum absolute atomic E-state index is 0.0405. The minimum atomic E-state index is -1.40. The summed E-state index contributed by atoms with van der Waals surface area (Å²) in [7, 11) is 0. The number of hydrogen-bond acceptors (Lipinski definition) is 4. The van der Waals surface area contributed by atoms with Gasteiger partial charge in [0.25, 0.3) is 2.86 Å². The molecule has 1 aromatic rings. The summed E-state index contributed by atoms with van der Waals surface area (Å²) in [4.78, 5) is 10.9. The molecule has 0 spiro atoms. The van der Waals surface area contributed by atoms with Gasteiger partial charge in [0.1, 0.15) is 5.54 Å². The average Bonchev–Trinajstić information content (AvgIpc) is 2.28. The van der Waals surface area contributed by atoms with Crippen LogP contribution in [0.2, 0.25) is 0 Å². The van der Waals surface area contributed by atoms with E-state index in [0.717, 1.165) is 0 Å². The molecule has 0 aliphatic heterocycles. The molecular weight excluding hydrogens is 198 g/mol. The van der Waals surface area contributed by atoms with E-state index in [9.17, 15) is 4.79 Å². The van der Waals surface area contributed by atoms with Gasteiger partial charge in [-0.2, -0.15) is 0 Å². The highest BCUT2D eigenvalue weighted by molar-refractivity contribution is 5.78. The van der Waals surface area contributed by atoms with Crippen LogP contribution in [0.4, 0.5) is 0 Å². The number of phenols is 2. The predicted octanol–water partition coefficient (Wildman–Crippen LogP) is 0.442. The third kappa shape index (κ3) is 2.60. The number of carboxylic acids is 1. The third-order valence-corrected chi connectivity index (χ3v) is 2.07. The standard InChI is InChI=1S/C10H13NO4/c1-10(11,9(14)15)5-6-2-3-7(12)8(13)4-6/h2-4,12-13H,5,11H2,1H3,(H,14,15)/t10-/m0/s1/i/hD2. The zero-order chi connectivity index (χ0) is 13.1. The van der Waals surface area contributed by atoms with Crippen LogP contribution in [0.15, 0.2) is 18.2 Å². The maximum Gasteiger partial charge on any atom is 0.323 e. The molecule has 0 aromatic heterocycles. The highest BCUT2D eigenvalue weighted by Crippen LogP contribution is 2.26. The number of phenolic OH excluding ortho intramolecular Hbond substituents is 2. The third-order valence-electron chi connectivity index (χ3n) is 2.07. The SMILES string of the molecule is [2H]Oc1ccc(C[C@](C)(N)C(=O)O)cc1O[2H]. The normalized spacial score (nSPS) is 15.9. The number of carboxylic acid groups (broad SMARTS) is 1. The van der Waals surface area contributed by atoms with Gasteiger partial charge >= 0.3 is 5.97 Å². The molecule has 0 aliphatic carbocycles. The van der Waals surface area contributed by atoms with E-state index in [1.807, 2.05) is 0 Å². The Labute approximate surface area is 89.8 Å². The molecule has 5 nitrogen and oxygen atoms in total. The first-order valence-electron chi connectivity index (χ1n) is 5.14. The van der Waals surface area contributed by atoms with Gasteiger partial charge in [-0.3, -0.25) is 4.79 Å². The summed E-state index contributed by atoms with van der Waals surface area (Å²) >= 11 is 0. The molecule has 5 N–H and O–H groups in total. The molecule has 0 amide bonds. The van der Waals surface area contributed by atoms with Gasteiger partial charge in [0.15, 0.2) is 11.5 Å². The van der Waals surface area contributed by atoms with E-state index in [4.69, 9.17) is 13.7 Å². The number of nitrogens with two attached hydrogens (primary N) is 1. The van der Waals surface area contributed by atoms with Crippen molar-refractivity contribution in [3.8, 4) is 11.5 Å². The largest absolute Gasteiger partial charge is 0.504 e. The first-order valence-corrected chi connectivity index (χ1v) is 4.32. The summed E-state index contributed by atoms with van der Waals surface area (Å²) in [6.07, 6.45) is 0.0803. The molecule has 0 heterocycles. The van der Waals surface area contributed by atoms with Gasteiger partial charge in [-0.25, -0.2) is 0 Å². The molecule has 0 bridgehead atoms. The Bertz CT molecular complexity index is 423. The Kier molecular flexibility index (Phi) is 2.16. The van der Waals surface area contributed by atoms with E-state index >= 15 is 0 Å². The Morgan fingerprint density at radius 2 is 2.20 bits per heavy atom. The Hall–Kier alpha value is -1.75. The fraction of sp³-hybridized carbons (Fsp3) is 0.300. The van der Waals surface area contributed by atoms with Crippen molar-refractivity contribution in [2.45, 2.75) is 18.9 Å². The summed E-state index contributed by atoms with van der Waals surface area (Å²) in [5.41, 5.74) is 4.78. The average molecular weight is 213 g/mol. The Balaban J connectivity index is 2.97. The first-order chi connectivity index (χ1) is 7.90. The van der Waals surface area contributed by atoms with Crippen molar-refractivity contribution in [2.24, 2.45) is 5.73 Å². The quantitative estimate of drug-likeness (QED) is 0.531. The molecule has 5 heteroatoms. The summed E-state index contributed by atoms with van der Waals surface area (Å²) < 4.78 is 13.5. The highest BCUT2D eigenvalue weighted by atomic mass is 16.4. The summed E-state index contributed by atoms with van der Waals surface area (Å²) in [6, 6.07) is 4.41. The molecule has 82 valence electrons. The van der Waals surface area contributed by atoms with Gasteiger partial charge in [0.2, 0.25) is 0 Å². The fourth-order valence-electron chi connectivity index (χ4n) is 1.16. The van der Waals surface area contributed by atoms with Crippen LogP contribution < -0.4 is 5.73 Å². The van der Waals surface area contributed by atoms with Gasteiger partial charge in [0.05, 0.1) is 0 Å². The van der Waals surface area contributed by atoms with E-state index in [-0.39, 0.29) is 17.9 Å². The molecule has 0 saturated heterocycles. The predicted molar refractivity (Wildman–Crippen MR) is 53.7 cm³/mol. The van der Waals surface area contributed by atoms with E-state index in [2.05, 4.69) is 10.2 Å². The van der Waals surface area contributed by atoms with Crippen LogP contribution >= 0.6 is 0 Å². The maximum absolute atomic E-state index is 10.9. The molecule has 0 radical (unpaired) electrons. The lowest BCUT2D eigenvalue weighted by atomic mass is 9.94. The fourth-order valence-corrected chi connectivity index (χ4v) is 1.16. The van der Waals surface area contributed by atoms with Crippen molar-refractivity contribution in [2.75, 3.05) is 0 Å². The lowest BCUT2D eigenvalue weighted by Gasteiger charge is -2.19. The highest BCUT2D eigenvalue weighted by Gasteiger charge is 2.28. The molecule has 0 fully saturated rings. The summed E-state index contributed by atoms with van der Waals surface area (Å²) in [5, 5.41) is 17.4. The van der Waals surface area contributed by atoms with Gasteiger partial charge in [-0.05, 0) is 24.6 Å². The van der Waals surface area contributed by atoms with Crippen LogP contribution in [0.3, 0.4) is 0 Å². The second kappa shape index (κ2) is 3.78. The van der Waals surface area contributed by atoms with Gasteiger partial charge in [-0.1, -0.05) is 6.07 Å². The second-order valence-electron chi connectivity index (χ2n) is 3.68. The van der Waals surface area contributed by atoms with Crippen LogP contribution in [-0.2, 0) is 11.2 Å². The van der Waals surface area contributed by atoms with Crippen molar-refractivity contribution in [1.29, 1.82) is 2.86 Å². The van der Waals surface area contributed by atoms with Crippen LogP contribution in [0.1, 0.15) is 12.5 Å². The zero-order valence-corrected chi connectivity index (χ0v) is 8.19. The molecule has 0 aliphatic rings. The maximum atomic E-state index is 10.9. The van der Waals surface area contributed by atoms with Crippen molar-refractivity contribution >= 4 is 5.97 Å². The second-order valence-corrected chi connectivity index (χ2v) is 3.68. The van der Waals surface area contributed by atoms with E-state index < -0.39 is 11.5 Å². The van der Waals surface area contributed by atoms with Gasteiger partial charge < -0.3 is 21.1 Å². The minimum Gasteiger partial charge on any atom is -0.504 e. The van der Waals surface area contributed by atoms with Crippen molar-refractivity contribution in [1.82, 2.24) is 0 Å². The number of aromatic hydroxyl groups is 2. The van der Waals surface area contributed by atoms with Crippen LogP contribution in [0, 0.1) is 0 Å². The topological polar surface area (TPSA) is 104 Å². The zero-order valence-electron chi connectivity index (χ0n) is 10.2. The van der Waals surface area contributed by atoms with Gasteiger partial charge in [-0.15, -0.1) is 0 Å². The van der Waals surface area contributed by atoms with Gasteiger partial charge in [0, 0.05) is 6.42 Å². The molecule has 1 atom stereocenters. The molecular formula is C10H13NO4. The van der Waals surface area contributed by atoms with Crippen LogP contribution in [0.25, 0.3) is 0 Å². The number of benzene rings is 1. The number of aliphatic carboxylic acids is 1. The summed E-state index contributed by atoms with van der Waals surface area (Å²) in [6.45, 7) is 1.39. The van der Waals surface area contributed by atoms with E-state index in [0.29, 0.717) is 5.56 Å². The molecule has 0 unspecified atom stereocenters. The van der Waals surface area contributed by atoms with Crippen LogP contribution in [0.5, 0.6) is 11.5 Å². The number of carbonyl (C=O) groups is 1. The number of rotatable bonds is 5. The summed E-state index contributed by atoms with van der Waals surface area (Å²) in [5.74, 6) is -0.997. The van der Waals surface area contributed by atoms with Crippen molar-refractivity contribution in [3.05, 3.63) is 23.8 Å². The molecule has 0 saturated carbocycles. The lowest BCUT2D eigenvalue weighted by Crippen LogP contribution is -2.46. The molecule has 15 heavy (non-hydrogen) atoms. The van der Waals surface area contributed by atoms with Crippen molar-refractivity contribution in [3.63, 3.8) is 0 Å². The number of hydrogen-bond donors (Lipinski definition) is 4. The van der Waals surface area contributed by atoms with Crippen molar-refractivity contribution < 1.29 is 20.1 Å². The van der Waals surface area contributed by atoms with E-state index in [1.54, 1.807) is 6.07 Å². The van der Waals surface area contributed by atoms with Crippen LogP contribution in [-0.4, -0.2) is 29.7 Å². The monoisotopic (exact) mass is 213 g/mol. The lowest BCUT2D eigenvalue weighted by molar-refractivity contribution is -0.142. The smallest absolute Gasteiger partial charge is 0.323 e. The first kappa shape index (κ1) is 8.55. The molecule has 1 rings (SSSR count). The Morgan fingerprint density at radius 1 is 1.53 bits per heavy atom.